The molecular weight excluding hydrogens is 288 g/mol. The molecule has 0 unspecified atom stereocenters. The topological polar surface area (TPSA) is 42.4 Å². The molecule has 122 valence electrons. The van der Waals surface area contributed by atoms with E-state index in [0.717, 1.165) is 25.9 Å². The summed E-state index contributed by atoms with van der Waals surface area (Å²) in [6.45, 7) is 7.18. The molecule has 4 nitrogen and oxygen atoms in total. The van der Waals surface area contributed by atoms with E-state index < -0.39 is 5.60 Å². The van der Waals surface area contributed by atoms with Crippen molar-refractivity contribution in [3.05, 3.63) is 42.2 Å². The zero-order chi connectivity index (χ0) is 16.4. The monoisotopic (exact) mass is 312 g/mol. The Hall–Kier alpha value is -2.10. The highest BCUT2D eigenvalue weighted by molar-refractivity contribution is 5.85. The summed E-state index contributed by atoms with van der Waals surface area (Å²) in [4.78, 5) is 18.4. The lowest BCUT2D eigenvalue weighted by molar-refractivity contribution is 0.0205. The predicted octanol–water partition coefficient (Wildman–Crippen LogP) is 4.35. The van der Waals surface area contributed by atoms with Gasteiger partial charge in [-0.05, 0) is 50.5 Å². The third-order valence-corrected chi connectivity index (χ3v) is 4.29. The van der Waals surface area contributed by atoms with Gasteiger partial charge in [0.15, 0.2) is 0 Å². The minimum atomic E-state index is -0.437. The number of hydrogen-bond acceptors (Lipinski definition) is 3. The number of ether oxygens (including phenoxy) is 1. The highest BCUT2D eigenvalue weighted by Crippen LogP contribution is 2.32. The Morgan fingerprint density at radius 1 is 1.17 bits per heavy atom. The molecule has 1 aromatic carbocycles. The SMILES string of the molecule is CC(C)(C)OC(=O)N1CCC(c2cncc3ccccc23)CC1. The van der Waals surface area contributed by atoms with Crippen molar-refractivity contribution in [3.8, 4) is 0 Å². The molecule has 4 heteroatoms. The number of nitrogens with zero attached hydrogens (tertiary/aromatic N) is 2. The summed E-state index contributed by atoms with van der Waals surface area (Å²) < 4.78 is 5.46. The number of pyridine rings is 1. The number of benzene rings is 1. The molecule has 0 atom stereocenters. The summed E-state index contributed by atoms with van der Waals surface area (Å²) in [5.41, 5.74) is 0.861. The molecule has 0 bridgehead atoms. The molecule has 1 fully saturated rings. The molecule has 1 aliphatic heterocycles. The van der Waals surface area contributed by atoms with Crippen LogP contribution in [0.3, 0.4) is 0 Å². The lowest BCUT2D eigenvalue weighted by Crippen LogP contribution is -2.41. The fraction of sp³-hybridized carbons (Fsp3) is 0.474. The van der Waals surface area contributed by atoms with Crippen molar-refractivity contribution in [2.75, 3.05) is 13.1 Å². The number of amides is 1. The average molecular weight is 312 g/mol. The molecule has 3 rings (SSSR count). The van der Waals surface area contributed by atoms with Crippen molar-refractivity contribution in [1.29, 1.82) is 0 Å². The van der Waals surface area contributed by atoms with Crippen LogP contribution in [0.15, 0.2) is 36.7 Å². The third-order valence-electron chi connectivity index (χ3n) is 4.29. The highest BCUT2D eigenvalue weighted by atomic mass is 16.6. The van der Waals surface area contributed by atoms with E-state index in [9.17, 15) is 4.79 Å². The molecule has 0 N–H and O–H groups in total. The normalized spacial score (nSPS) is 16.6. The predicted molar refractivity (Wildman–Crippen MR) is 91.5 cm³/mol. The standard InChI is InChI=1S/C19H24N2O2/c1-19(2,3)23-18(22)21-10-8-14(9-11-21)17-13-20-12-15-6-4-5-7-16(15)17/h4-7,12-14H,8-11H2,1-3H3. The van der Waals surface area contributed by atoms with Crippen molar-refractivity contribution < 1.29 is 9.53 Å². The van der Waals surface area contributed by atoms with Crippen LogP contribution in [0.5, 0.6) is 0 Å². The van der Waals surface area contributed by atoms with Crippen LogP contribution in [0.2, 0.25) is 0 Å². The van der Waals surface area contributed by atoms with Crippen LogP contribution in [0, 0.1) is 0 Å². The lowest BCUT2D eigenvalue weighted by Gasteiger charge is -2.33. The first-order chi connectivity index (χ1) is 10.9. The molecule has 1 saturated heterocycles. The van der Waals surface area contributed by atoms with Gasteiger partial charge in [-0.25, -0.2) is 4.79 Å². The molecule has 0 saturated carbocycles. The zero-order valence-electron chi connectivity index (χ0n) is 14.1. The van der Waals surface area contributed by atoms with Crippen molar-refractivity contribution in [1.82, 2.24) is 9.88 Å². The van der Waals surface area contributed by atoms with Crippen molar-refractivity contribution in [2.45, 2.75) is 45.1 Å². The first-order valence-corrected chi connectivity index (χ1v) is 8.24. The molecule has 2 aromatic rings. The van der Waals surface area contributed by atoms with Crippen LogP contribution in [0.4, 0.5) is 4.79 Å². The van der Waals surface area contributed by atoms with E-state index in [-0.39, 0.29) is 6.09 Å². The van der Waals surface area contributed by atoms with E-state index in [1.807, 2.05) is 44.1 Å². The minimum Gasteiger partial charge on any atom is -0.444 e. The van der Waals surface area contributed by atoms with Crippen molar-refractivity contribution in [2.24, 2.45) is 0 Å². The van der Waals surface area contributed by atoms with Crippen molar-refractivity contribution >= 4 is 16.9 Å². The fourth-order valence-corrected chi connectivity index (χ4v) is 3.16. The summed E-state index contributed by atoms with van der Waals surface area (Å²) in [6, 6.07) is 8.37. The van der Waals surface area contributed by atoms with Crippen molar-refractivity contribution in [3.63, 3.8) is 0 Å². The van der Waals surface area contributed by atoms with Crippen LogP contribution in [0.1, 0.15) is 45.1 Å². The molecule has 0 aliphatic carbocycles. The van der Waals surface area contributed by atoms with Crippen LogP contribution in [0.25, 0.3) is 10.8 Å². The molecule has 1 aliphatic rings. The first-order valence-electron chi connectivity index (χ1n) is 8.24. The second kappa shape index (κ2) is 6.19. The number of carbonyl (C=O) groups excluding carboxylic acids is 1. The quantitative estimate of drug-likeness (QED) is 0.786. The highest BCUT2D eigenvalue weighted by Gasteiger charge is 2.28. The Labute approximate surface area is 137 Å². The number of rotatable bonds is 1. The Kier molecular flexibility index (Phi) is 4.24. The van der Waals surface area contributed by atoms with E-state index in [2.05, 4.69) is 23.2 Å². The van der Waals surface area contributed by atoms with Gasteiger partial charge in [-0.3, -0.25) is 4.98 Å². The number of hydrogen-bond donors (Lipinski definition) is 0. The largest absolute Gasteiger partial charge is 0.444 e. The zero-order valence-corrected chi connectivity index (χ0v) is 14.1. The fourth-order valence-electron chi connectivity index (χ4n) is 3.16. The maximum atomic E-state index is 12.2. The van der Waals surface area contributed by atoms with Gasteiger partial charge < -0.3 is 9.64 Å². The summed E-state index contributed by atoms with van der Waals surface area (Å²) in [5, 5.41) is 2.46. The number of fused-ring (bicyclic) bond motifs is 1. The van der Waals surface area contributed by atoms with Crippen LogP contribution in [-0.2, 0) is 4.74 Å². The second-order valence-corrected chi connectivity index (χ2v) is 7.19. The van der Waals surface area contributed by atoms with Gasteiger partial charge >= 0.3 is 6.09 Å². The molecule has 23 heavy (non-hydrogen) atoms. The Morgan fingerprint density at radius 2 is 1.87 bits per heavy atom. The summed E-state index contributed by atoms with van der Waals surface area (Å²) >= 11 is 0. The molecule has 2 heterocycles. The lowest BCUT2D eigenvalue weighted by atomic mass is 9.88. The maximum Gasteiger partial charge on any atom is 0.410 e. The summed E-state index contributed by atoms with van der Waals surface area (Å²) in [7, 11) is 0. The average Bonchev–Trinajstić information content (AvgIpc) is 2.53. The molecular formula is C19H24N2O2. The summed E-state index contributed by atoms with van der Waals surface area (Å²) in [5.74, 6) is 0.451. The van der Waals surface area contributed by atoms with Gasteiger partial charge in [0.25, 0.3) is 0 Å². The Morgan fingerprint density at radius 3 is 2.57 bits per heavy atom. The number of aromatic nitrogens is 1. The molecule has 1 amide bonds. The Balaban J connectivity index is 1.70. The van der Waals surface area contributed by atoms with E-state index in [0.29, 0.717) is 5.92 Å². The number of carbonyl (C=O) groups is 1. The minimum absolute atomic E-state index is 0.202. The van der Waals surface area contributed by atoms with Gasteiger partial charge in [0, 0.05) is 30.9 Å². The number of likely N-dealkylation sites (tertiary alicyclic amines) is 1. The van der Waals surface area contributed by atoms with Crippen LogP contribution in [-0.4, -0.2) is 34.7 Å². The van der Waals surface area contributed by atoms with Crippen LogP contribution < -0.4 is 0 Å². The van der Waals surface area contributed by atoms with Gasteiger partial charge in [0.2, 0.25) is 0 Å². The third kappa shape index (κ3) is 3.63. The van der Waals surface area contributed by atoms with Gasteiger partial charge in [-0.1, -0.05) is 24.3 Å². The molecule has 0 radical (unpaired) electrons. The van der Waals surface area contributed by atoms with Gasteiger partial charge in [-0.2, -0.15) is 0 Å². The van der Waals surface area contributed by atoms with E-state index in [1.54, 1.807) is 0 Å². The van der Waals surface area contributed by atoms with Gasteiger partial charge in [-0.15, -0.1) is 0 Å². The first kappa shape index (κ1) is 15.8. The van der Waals surface area contributed by atoms with E-state index in [1.165, 1.54) is 16.3 Å². The summed E-state index contributed by atoms with van der Waals surface area (Å²) in [6.07, 6.45) is 5.60. The number of piperidine rings is 1. The van der Waals surface area contributed by atoms with Crippen LogP contribution >= 0.6 is 0 Å². The van der Waals surface area contributed by atoms with E-state index >= 15 is 0 Å². The van der Waals surface area contributed by atoms with E-state index in [4.69, 9.17) is 4.74 Å². The maximum absolute atomic E-state index is 12.2. The Bertz CT molecular complexity index is 693. The van der Waals surface area contributed by atoms with Gasteiger partial charge in [0.05, 0.1) is 0 Å². The molecule has 0 spiro atoms. The smallest absolute Gasteiger partial charge is 0.410 e. The van der Waals surface area contributed by atoms with Gasteiger partial charge in [0.1, 0.15) is 5.60 Å². The molecule has 1 aromatic heterocycles. The second-order valence-electron chi connectivity index (χ2n) is 7.19.